The molecule has 0 saturated heterocycles. The van der Waals surface area contributed by atoms with Gasteiger partial charge in [-0.1, -0.05) is 27.7 Å². The number of hydrogen-bond acceptors (Lipinski definition) is 2. The highest BCUT2D eigenvalue weighted by molar-refractivity contribution is 6.31. The largest absolute Gasteiger partial charge is 0.474 e. The van der Waals surface area contributed by atoms with E-state index in [1.165, 1.54) is 4.90 Å². The van der Waals surface area contributed by atoms with E-state index in [9.17, 15) is 9.59 Å². The first-order valence-corrected chi connectivity index (χ1v) is 5.86. The van der Waals surface area contributed by atoms with E-state index in [-0.39, 0.29) is 0 Å². The third-order valence-corrected chi connectivity index (χ3v) is 2.42. The van der Waals surface area contributed by atoms with E-state index in [1.54, 1.807) is 0 Å². The van der Waals surface area contributed by atoms with Gasteiger partial charge in [-0.05, 0) is 24.7 Å². The molecule has 0 rings (SSSR count). The molecular formula is C12H23NO3. The molecule has 0 heterocycles. The molecule has 1 amide bonds. The van der Waals surface area contributed by atoms with Crippen LogP contribution in [0.2, 0.25) is 0 Å². The van der Waals surface area contributed by atoms with Crippen molar-refractivity contribution in [2.45, 2.75) is 40.5 Å². The Kier molecular flexibility index (Phi) is 6.77. The maximum Gasteiger partial charge on any atom is 0.394 e. The Labute approximate surface area is 97.6 Å². The Morgan fingerprint density at radius 2 is 1.38 bits per heavy atom. The molecule has 0 unspecified atom stereocenters. The van der Waals surface area contributed by atoms with E-state index in [1.807, 2.05) is 0 Å². The van der Waals surface area contributed by atoms with Crippen LogP contribution >= 0.6 is 0 Å². The second kappa shape index (κ2) is 7.25. The van der Waals surface area contributed by atoms with Gasteiger partial charge >= 0.3 is 11.9 Å². The van der Waals surface area contributed by atoms with Crippen LogP contribution in [0.25, 0.3) is 0 Å². The van der Waals surface area contributed by atoms with Crippen LogP contribution in [0.4, 0.5) is 0 Å². The van der Waals surface area contributed by atoms with Crippen molar-refractivity contribution in [3.63, 3.8) is 0 Å². The van der Waals surface area contributed by atoms with Crippen molar-refractivity contribution in [1.29, 1.82) is 0 Å². The maximum atomic E-state index is 11.4. The first-order valence-electron chi connectivity index (χ1n) is 5.86. The Morgan fingerprint density at radius 1 is 1.00 bits per heavy atom. The van der Waals surface area contributed by atoms with E-state index < -0.39 is 11.9 Å². The van der Waals surface area contributed by atoms with Gasteiger partial charge in [-0.2, -0.15) is 0 Å². The molecule has 0 aliphatic rings. The smallest absolute Gasteiger partial charge is 0.394 e. The molecule has 0 aliphatic carbocycles. The average molecular weight is 229 g/mol. The zero-order chi connectivity index (χ0) is 12.7. The fraction of sp³-hybridized carbons (Fsp3) is 0.833. The maximum absolute atomic E-state index is 11.4. The highest BCUT2D eigenvalue weighted by Crippen LogP contribution is 2.06. The Balaban J connectivity index is 4.26. The van der Waals surface area contributed by atoms with Gasteiger partial charge in [0.25, 0.3) is 0 Å². The predicted molar refractivity (Wildman–Crippen MR) is 63.1 cm³/mol. The van der Waals surface area contributed by atoms with Crippen LogP contribution in [0, 0.1) is 11.8 Å². The highest BCUT2D eigenvalue weighted by atomic mass is 16.4. The van der Waals surface area contributed by atoms with E-state index in [0.717, 1.165) is 12.8 Å². The van der Waals surface area contributed by atoms with Gasteiger partial charge in [-0.25, -0.2) is 4.79 Å². The van der Waals surface area contributed by atoms with E-state index in [2.05, 4.69) is 27.7 Å². The molecule has 0 aromatic carbocycles. The lowest BCUT2D eigenvalue weighted by molar-refractivity contribution is -0.156. The molecule has 94 valence electrons. The summed E-state index contributed by atoms with van der Waals surface area (Å²) in [5.41, 5.74) is 0. The summed E-state index contributed by atoms with van der Waals surface area (Å²) in [6.45, 7) is 9.32. The summed E-state index contributed by atoms with van der Waals surface area (Å²) in [6.07, 6.45) is 1.69. The van der Waals surface area contributed by atoms with Crippen LogP contribution in [-0.2, 0) is 9.59 Å². The topological polar surface area (TPSA) is 57.6 Å². The third-order valence-electron chi connectivity index (χ3n) is 2.42. The van der Waals surface area contributed by atoms with Crippen LogP contribution in [0.5, 0.6) is 0 Å². The van der Waals surface area contributed by atoms with Crippen LogP contribution in [0.15, 0.2) is 0 Å². The summed E-state index contributed by atoms with van der Waals surface area (Å²) >= 11 is 0. The zero-order valence-corrected chi connectivity index (χ0v) is 10.7. The Morgan fingerprint density at radius 3 is 1.62 bits per heavy atom. The van der Waals surface area contributed by atoms with Crippen LogP contribution < -0.4 is 0 Å². The molecule has 4 heteroatoms. The molecule has 0 aromatic heterocycles. The number of nitrogens with zero attached hydrogens (tertiary/aromatic N) is 1. The highest BCUT2D eigenvalue weighted by Gasteiger charge is 2.20. The molecule has 0 aromatic rings. The minimum absolute atomic E-state index is 0.475. The molecular weight excluding hydrogens is 206 g/mol. The molecule has 0 radical (unpaired) electrons. The molecule has 0 aliphatic heterocycles. The Bertz CT molecular complexity index is 224. The van der Waals surface area contributed by atoms with Gasteiger partial charge in [0.2, 0.25) is 0 Å². The molecule has 0 fully saturated rings. The Hall–Kier alpha value is -1.06. The third kappa shape index (κ3) is 6.43. The number of carboxylic acids is 1. The first kappa shape index (κ1) is 14.9. The summed E-state index contributed by atoms with van der Waals surface area (Å²) in [7, 11) is 0. The number of rotatable bonds is 6. The first-order chi connectivity index (χ1) is 7.34. The number of amides is 1. The molecule has 0 bridgehead atoms. The molecule has 0 saturated carbocycles. The summed E-state index contributed by atoms with van der Waals surface area (Å²) in [4.78, 5) is 23.5. The molecule has 0 atom stereocenters. The summed E-state index contributed by atoms with van der Waals surface area (Å²) in [5.74, 6) is -1.18. The minimum atomic E-state index is -1.35. The molecule has 1 N–H and O–H groups in total. The van der Waals surface area contributed by atoms with Crippen molar-refractivity contribution in [2.24, 2.45) is 11.8 Å². The van der Waals surface area contributed by atoms with Gasteiger partial charge in [0, 0.05) is 13.1 Å². The molecule has 0 spiro atoms. The fourth-order valence-corrected chi connectivity index (χ4v) is 1.28. The minimum Gasteiger partial charge on any atom is -0.474 e. The number of carbonyl (C=O) groups is 2. The van der Waals surface area contributed by atoms with Gasteiger partial charge < -0.3 is 10.0 Å². The summed E-state index contributed by atoms with van der Waals surface area (Å²) < 4.78 is 0. The number of hydrogen-bond donors (Lipinski definition) is 1. The van der Waals surface area contributed by atoms with E-state index in [0.29, 0.717) is 24.9 Å². The lowest BCUT2D eigenvalue weighted by atomic mass is 10.1. The van der Waals surface area contributed by atoms with Crippen LogP contribution in [0.1, 0.15) is 40.5 Å². The lowest BCUT2D eigenvalue weighted by Gasteiger charge is -2.22. The van der Waals surface area contributed by atoms with E-state index in [4.69, 9.17) is 5.11 Å². The average Bonchev–Trinajstić information content (AvgIpc) is 2.16. The fourth-order valence-electron chi connectivity index (χ4n) is 1.28. The SMILES string of the molecule is CC(C)CCN(CCC(C)C)C(=O)C(=O)O. The van der Waals surface area contributed by atoms with Gasteiger partial charge in [0.05, 0.1) is 0 Å². The zero-order valence-electron chi connectivity index (χ0n) is 10.7. The van der Waals surface area contributed by atoms with Gasteiger partial charge in [0.1, 0.15) is 0 Å². The van der Waals surface area contributed by atoms with Gasteiger partial charge in [-0.3, -0.25) is 4.79 Å². The monoisotopic (exact) mass is 229 g/mol. The second-order valence-corrected chi connectivity index (χ2v) is 4.96. The molecule has 4 nitrogen and oxygen atoms in total. The van der Waals surface area contributed by atoms with Crippen molar-refractivity contribution in [3.05, 3.63) is 0 Å². The van der Waals surface area contributed by atoms with Gasteiger partial charge in [-0.15, -0.1) is 0 Å². The summed E-state index contributed by atoms with van der Waals surface area (Å²) in [6, 6.07) is 0. The van der Waals surface area contributed by atoms with Crippen molar-refractivity contribution >= 4 is 11.9 Å². The predicted octanol–water partition coefficient (Wildman–Crippen LogP) is 1.99. The van der Waals surface area contributed by atoms with Gasteiger partial charge in [0.15, 0.2) is 0 Å². The molecule has 16 heavy (non-hydrogen) atoms. The van der Waals surface area contributed by atoms with Crippen LogP contribution in [0.3, 0.4) is 0 Å². The number of carboxylic acid groups (broad SMARTS) is 1. The standard InChI is InChI=1S/C12H23NO3/c1-9(2)5-7-13(8-6-10(3)4)11(14)12(15)16/h9-10H,5-8H2,1-4H3,(H,15,16). The van der Waals surface area contributed by atoms with Crippen molar-refractivity contribution in [1.82, 2.24) is 4.90 Å². The summed E-state index contributed by atoms with van der Waals surface area (Å²) in [5, 5.41) is 8.69. The number of carbonyl (C=O) groups excluding carboxylic acids is 1. The quantitative estimate of drug-likeness (QED) is 0.709. The van der Waals surface area contributed by atoms with Crippen molar-refractivity contribution in [3.8, 4) is 0 Å². The number of aliphatic carboxylic acids is 1. The second-order valence-electron chi connectivity index (χ2n) is 4.96. The normalized spacial score (nSPS) is 10.9. The van der Waals surface area contributed by atoms with E-state index >= 15 is 0 Å². The van der Waals surface area contributed by atoms with Crippen molar-refractivity contribution in [2.75, 3.05) is 13.1 Å². The van der Waals surface area contributed by atoms with Crippen LogP contribution in [-0.4, -0.2) is 35.0 Å². The van der Waals surface area contributed by atoms with Crippen molar-refractivity contribution < 1.29 is 14.7 Å². The lowest BCUT2D eigenvalue weighted by Crippen LogP contribution is -2.38.